The molecule has 0 fully saturated rings. The molecule has 0 unspecified atom stereocenters. The van der Waals surface area contributed by atoms with E-state index >= 15 is 0 Å². The van der Waals surface area contributed by atoms with Crippen LogP contribution in [0.1, 0.15) is 18.1 Å². The Morgan fingerprint density at radius 2 is 1.56 bits per heavy atom. The van der Waals surface area contributed by atoms with Gasteiger partial charge in [-0.15, -0.1) is 0 Å². The van der Waals surface area contributed by atoms with Crippen molar-refractivity contribution in [3.05, 3.63) is 35.4 Å². The van der Waals surface area contributed by atoms with Gasteiger partial charge in [0.2, 0.25) is 0 Å². The van der Waals surface area contributed by atoms with Crippen LogP contribution in [-0.4, -0.2) is 26.3 Å². The molecule has 3 heteroatoms. The van der Waals surface area contributed by atoms with E-state index in [9.17, 15) is 4.79 Å². The fourth-order valence-electron chi connectivity index (χ4n) is 0.957. The number of rotatable bonds is 3. The lowest BCUT2D eigenvalue weighted by Crippen LogP contribution is -2.10. The van der Waals surface area contributed by atoms with Gasteiger partial charge >= 0.3 is 5.97 Å². The van der Waals surface area contributed by atoms with E-state index in [4.69, 9.17) is 0 Å². The molecule has 0 atom stereocenters. The molecule has 0 saturated carbocycles. The Bertz CT molecular complexity index is 262. The Balaban J connectivity index is 0.000000281. The molecule has 1 aromatic rings. The van der Waals surface area contributed by atoms with Crippen LogP contribution in [0.4, 0.5) is 0 Å². The number of aryl methyl sites for hydroxylation is 2. The van der Waals surface area contributed by atoms with Crippen molar-refractivity contribution in [1.29, 1.82) is 0 Å². The predicted molar refractivity (Wildman–Crippen MR) is 64.4 cm³/mol. The number of hydrogen-bond donors (Lipinski definition) is 0. The molecule has 1 rings (SSSR count). The fourth-order valence-corrected chi connectivity index (χ4v) is 0.957. The molecule has 0 aliphatic rings. The zero-order valence-corrected chi connectivity index (χ0v) is 10.4. The summed E-state index contributed by atoms with van der Waals surface area (Å²) in [5.74, 6) is -0.310. The van der Waals surface area contributed by atoms with E-state index in [2.05, 4.69) is 47.6 Å². The fraction of sp³-hybridized carbons (Fsp3) is 0.462. The first-order chi connectivity index (χ1) is 7.60. The van der Waals surface area contributed by atoms with Crippen molar-refractivity contribution >= 4 is 5.97 Å². The molecule has 0 heterocycles. The average molecular weight is 224 g/mol. The Morgan fingerprint density at radius 3 is 1.88 bits per heavy atom. The van der Waals surface area contributed by atoms with Crippen LogP contribution >= 0.6 is 0 Å². The van der Waals surface area contributed by atoms with Crippen LogP contribution in [-0.2, 0) is 14.3 Å². The van der Waals surface area contributed by atoms with E-state index < -0.39 is 0 Å². The van der Waals surface area contributed by atoms with Crippen LogP contribution in [0.15, 0.2) is 24.3 Å². The third kappa shape index (κ3) is 8.00. The molecule has 0 bridgehead atoms. The second-order valence-corrected chi connectivity index (χ2v) is 3.39. The lowest BCUT2D eigenvalue weighted by atomic mass is 10.2. The highest BCUT2D eigenvalue weighted by Gasteiger charge is 1.96. The smallest absolute Gasteiger partial charge is 0.332 e. The van der Waals surface area contributed by atoms with Crippen LogP contribution < -0.4 is 0 Å². The lowest BCUT2D eigenvalue weighted by Gasteiger charge is -1.97. The second-order valence-electron chi connectivity index (χ2n) is 3.39. The number of carbonyl (C=O) groups excluding carboxylic acids is 1. The number of benzene rings is 1. The molecule has 0 radical (unpaired) electrons. The minimum atomic E-state index is -0.310. The summed E-state index contributed by atoms with van der Waals surface area (Å²) in [5, 5.41) is 0. The van der Waals surface area contributed by atoms with E-state index in [-0.39, 0.29) is 12.6 Å². The summed E-state index contributed by atoms with van der Waals surface area (Å²) in [5.41, 5.74) is 2.66. The summed E-state index contributed by atoms with van der Waals surface area (Å²) in [6.45, 7) is 6.42. The summed E-state index contributed by atoms with van der Waals surface area (Å²) >= 11 is 0. The molecule has 0 aliphatic carbocycles. The number of esters is 1. The molecule has 0 aromatic heterocycles. The highest BCUT2D eigenvalue weighted by molar-refractivity contribution is 5.70. The molecule has 0 aliphatic heterocycles. The maximum Gasteiger partial charge on any atom is 0.332 e. The Morgan fingerprint density at radius 1 is 1.12 bits per heavy atom. The van der Waals surface area contributed by atoms with Gasteiger partial charge in [-0.05, 0) is 20.8 Å². The summed E-state index contributed by atoms with van der Waals surface area (Å²) < 4.78 is 9.00. The first-order valence-electron chi connectivity index (χ1n) is 5.28. The molecule has 0 saturated heterocycles. The van der Waals surface area contributed by atoms with E-state index in [1.54, 1.807) is 6.92 Å². The van der Waals surface area contributed by atoms with Gasteiger partial charge in [-0.1, -0.05) is 35.4 Å². The topological polar surface area (TPSA) is 35.5 Å². The standard InChI is InChI=1S/C8H10.C5H10O3/c1-7-3-5-8(2)6-4-7;1-3-8-5(6)4-7-2/h3-6H,1-2H3;3-4H2,1-2H3. The molecule has 1 aromatic carbocycles. The number of hydrogen-bond acceptors (Lipinski definition) is 3. The van der Waals surface area contributed by atoms with Crippen LogP contribution in [0.5, 0.6) is 0 Å². The molecular formula is C13H20O3. The van der Waals surface area contributed by atoms with E-state index in [1.165, 1.54) is 18.2 Å². The van der Waals surface area contributed by atoms with Gasteiger partial charge in [0.25, 0.3) is 0 Å². The SMILES string of the molecule is CCOC(=O)COC.Cc1ccc(C)cc1. The third-order valence-electron chi connectivity index (χ3n) is 1.79. The minimum Gasteiger partial charge on any atom is -0.464 e. The van der Waals surface area contributed by atoms with Crippen LogP contribution in [0.2, 0.25) is 0 Å². The van der Waals surface area contributed by atoms with Gasteiger partial charge < -0.3 is 9.47 Å². The predicted octanol–water partition coefficient (Wildman–Crippen LogP) is 2.50. The molecule has 3 nitrogen and oxygen atoms in total. The van der Waals surface area contributed by atoms with Crippen LogP contribution in [0.25, 0.3) is 0 Å². The van der Waals surface area contributed by atoms with Gasteiger partial charge in [-0.2, -0.15) is 0 Å². The van der Waals surface area contributed by atoms with Crippen molar-refractivity contribution in [2.24, 2.45) is 0 Å². The Labute approximate surface area is 97.4 Å². The van der Waals surface area contributed by atoms with E-state index in [1.807, 2.05) is 0 Å². The summed E-state index contributed by atoms with van der Waals surface area (Å²) in [6.07, 6.45) is 0. The third-order valence-corrected chi connectivity index (χ3v) is 1.79. The summed E-state index contributed by atoms with van der Waals surface area (Å²) in [7, 11) is 1.46. The summed E-state index contributed by atoms with van der Waals surface area (Å²) in [6, 6.07) is 8.48. The maximum absolute atomic E-state index is 10.3. The van der Waals surface area contributed by atoms with Gasteiger partial charge in [0.05, 0.1) is 6.61 Å². The van der Waals surface area contributed by atoms with Crippen molar-refractivity contribution in [2.45, 2.75) is 20.8 Å². The highest BCUT2D eigenvalue weighted by atomic mass is 16.6. The Hall–Kier alpha value is -1.35. The lowest BCUT2D eigenvalue weighted by molar-refractivity contribution is -0.147. The second kappa shape index (κ2) is 8.92. The van der Waals surface area contributed by atoms with Gasteiger partial charge in [-0.25, -0.2) is 4.79 Å². The molecule has 90 valence electrons. The average Bonchev–Trinajstić information content (AvgIpc) is 2.24. The largest absolute Gasteiger partial charge is 0.464 e. The van der Waals surface area contributed by atoms with Crippen LogP contribution in [0.3, 0.4) is 0 Å². The van der Waals surface area contributed by atoms with Crippen LogP contribution in [0, 0.1) is 13.8 Å². The minimum absolute atomic E-state index is 0.0494. The van der Waals surface area contributed by atoms with Gasteiger partial charge in [0, 0.05) is 7.11 Å². The highest BCUT2D eigenvalue weighted by Crippen LogP contribution is 1.99. The number of ether oxygens (including phenoxy) is 2. The molecule has 0 amide bonds. The quantitative estimate of drug-likeness (QED) is 0.740. The molecule has 0 N–H and O–H groups in total. The Kier molecular flexibility index (Phi) is 8.17. The van der Waals surface area contributed by atoms with Gasteiger partial charge in [-0.3, -0.25) is 0 Å². The van der Waals surface area contributed by atoms with Gasteiger partial charge in [0.1, 0.15) is 6.61 Å². The first-order valence-corrected chi connectivity index (χ1v) is 5.28. The molecule has 0 spiro atoms. The normalized spacial score (nSPS) is 9.00. The van der Waals surface area contributed by atoms with E-state index in [0.29, 0.717) is 6.61 Å². The van der Waals surface area contributed by atoms with Crippen molar-refractivity contribution < 1.29 is 14.3 Å². The maximum atomic E-state index is 10.3. The van der Waals surface area contributed by atoms with E-state index in [0.717, 1.165) is 0 Å². The van der Waals surface area contributed by atoms with Crippen molar-refractivity contribution in [1.82, 2.24) is 0 Å². The molecule has 16 heavy (non-hydrogen) atoms. The van der Waals surface area contributed by atoms with Crippen molar-refractivity contribution in [3.8, 4) is 0 Å². The summed E-state index contributed by atoms with van der Waals surface area (Å²) in [4.78, 5) is 10.3. The zero-order chi connectivity index (χ0) is 12.4. The first kappa shape index (κ1) is 14.6. The van der Waals surface area contributed by atoms with Gasteiger partial charge in [0.15, 0.2) is 0 Å². The monoisotopic (exact) mass is 224 g/mol. The number of methoxy groups -OCH3 is 1. The van der Waals surface area contributed by atoms with Crippen molar-refractivity contribution in [3.63, 3.8) is 0 Å². The molecular weight excluding hydrogens is 204 g/mol. The number of carbonyl (C=O) groups is 1. The van der Waals surface area contributed by atoms with Crippen molar-refractivity contribution in [2.75, 3.05) is 20.3 Å². The zero-order valence-electron chi connectivity index (χ0n) is 10.4.